The van der Waals surface area contributed by atoms with Gasteiger partial charge in [0, 0.05) is 28.2 Å². The first-order chi connectivity index (χ1) is 8.56. The lowest BCUT2D eigenvalue weighted by Gasteiger charge is -2.05. The summed E-state index contributed by atoms with van der Waals surface area (Å²) in [6.45, 7) is 0.540. The van der Waals surface area contributed by atoms with Crippen molar-refractivity contribution in [1.29, 1.82) is 0 Å². The van der Waals surface area contributed by atoms with E-state index in [-0.39, 0.29) is 9.92 Å². The maximum absolute atomic E-state index is 10.5. The van der Waals surface area contributed by atoms with Crippen LogP contribution in [0.1, 0.15) is 5.56 Å². The van der Waals surface area contributed by atoms with Gasteiger partial charge in [-0.15, -0.1) is 0 Å². The van der Waals surface area contributed by atoms with E-state index in [1.807, 2.05) is 12.1 Å². The Labute approximate surface area is 121 Å². The maximum atomic E-state index is 10.5. The molecule has 1 aromatic carbocycles. The third-order valence-corrected chi connectivity index (χ3v) is 4.38. The first kappa shape index (κ1) is 13.3. The summed E-state index contributed by atoms with van der Waals surface area (Å²) in [6, 6.07) is 7.07. The number of nitrogens with one attached hydrogen (secondary N) is 1. The molecule has 7 heteroatoms. The number of anilines is 1. The first-order valence-corrected chi connectivity index (χ1v) is 7.02. The van der Waals surface area contributed by atoms with Crippen LogP contribution < -0.4 is 5.32 Å². The minimum absolute atomic E-state index is 0.157. The van der Waals surface area contributed by atoms with Gasteiger partial charge in [0.15, 0.2) is 0 Å². The summed E-state index contributed by atoms with van der Waals surface area (Å²) in [5.74, 6) is 0. The van der Waals surface area contributed by atoms with Gasteiger partial charge in [0.25, 0.3) is 0 Å². The van der Waals surface area contributed by atoms with Gasteiger partial charge in [0.05, 0.1) is 9.95 Å². The van der Waals surface area contributed by atoms with Gasteiger partial charge in [-0.2, -0.15) is 0 Å². The summed E-state index contributed by atoms with van der Waals surface area (Å²) in [4.78, 5) is 10.2. The molecule has 0 aliphatic rings. The highest BCUT2D eigenvalue weighted by Gasteiger charge is 2.09. The van der Waals surface area contributed by atoms with Gasteiger partial charge in [-0.05, 0) is 39.7 Å². The van der Waals surface area contributed by atoms with E-state index in [1.165, 1.54) is 0 Å². The average Bonchev–Trinajstić information content (AvgIpc) is 2.79. The summed E-state index contributed by atoms with van der Waals surface area (Å²) in [5.41, 5.74) is 1.79. The molecule has 0 bridgehead atoms. The Morgan fingerprint density at radius 3 is 2.83 bits per heavy atom. The molecule has 0 fully saturated rings. The molecule has 94 valence electrons. The van der Waals surface area contributed by atoms with Gasteiger partial charge in [0.1, 0.15) is 0 Å². The van der Waals surface area contributed by atoms with Crippen LogP contribution in [-0.2, 0) is 6.54 Å². The third-order valence-electron chi connectivity index (χ3n) is 2.24. The smallest absolute Gasteiger partial charge is 0.324 e. The highest BCUT2D eigenvalue weighted by atomic mass is 79.9. The van der Waals surface area contributed by atoms with Crippen LogP contribution in [0.3, 0.4) is 0 Å². The zero-order valence-corrected chi connectivity index (χ0v) is 12.2. The zero-order valence-electron chi connectivity index (χ0n) is 9.02. The molecule has 0 amide bonds. The van der Waals surface area contributed by atoms with E-state index in [4.69, 9.17) is 11.6 Å². The fourth-order valence-corrected chi connectivity index (χ4v) is 2.59. The van der Waals surface area contributed by atoms with Crippen molar-refractivity contribution in [2.45, 2.75) is 6.54 Å². The summed E-state index contributed by atoms with van der Waals surface area (Å²) >= 11 is 10.4. The van der Waals surface area contributed by atoms with E-state index in [9.17, 15) is 10.1 Å². The highest BCUT2D eigenvalue weighted by molar-refractivity contribution is 9.10. The Kier molecular flexibility index (Phi) is 4.21. The molecule has 18 heavy (non-hydrogen) atoms. The molecule has 0 atom stereocenters. The van der Waals surface area contributed by atoms with Crippen molar-refractivity contribution in [3.63, 3.8) is 0 Å². The van der Waals surface area contributed by atoms with Crippen molar-refractivity contribution in [2.24, 2.45) is 0 Å². The van der Waals surface area contributed by atoms with Crippen LogP contribution in [0.5, 0.6) is 0 Å². The molecule has 0 spiro atoms. The lowest BCUT2D eigenvalue weighted by Crippen LogP contribution is -1.97. The second-order valence-electron chi connectivity index (χ2n) is 3.53. The van der Waals surface area contributed by atoms with Crippen LogP contribution in [0.25, 0.3) is 0 Å². The minimum Gasteiger partial charge on any atom is -0.381 e. The van der Waals surface area contributed by atoms with Gasteiger partial charge in [-0.25, -0.2) is 0 Å². The number of halogens is 2. The Balaban J connectivity index is 2.02. The summed E-state index contributed by atoms with van der Waals surface area (Å²) in [7, 11) is 0. The molecule has 4 nitrogen and oxygen atoms in total. The third kappa shape index (κ3) is 3.22. The van der Waals surface area contributed by atoms with Crippen molar-refractivity contribution < 1.29 is 4.92 Å². The van der Waals surface area contributed by atoms with E-state index in [0.717, 1.165) is 27.1 Å². The minimum atomic E-state index is -0.382. The van der Waals surface area contributed by atoms with Gasteiger partial charge in [-0.3, -0.25) is 10.1 Å². The number of benzene rings is 1. The predicted octanol–water partition coefficient (Wildman–Crippen LogP) is 4.68. The highest BCUT2D eigenvalue weighted by Crippen LogP contribution is 2.27. The molecule has 0 saturated heterocycles. The zero-order chi connectivity index (χ0) is 13.1. The average molecular weight is 348 g/mol. The van der Waals surface area contributed by atoms with E-state index in [0.29, 0.717) is 11.6 Å². The molecule has 0 aliphatic carbocycles. The largest absolute Gasteiger partial charge is 0.381 e. The molecule has 0 radical (unpaired) electrons. The van der Waals surface area contributed by atoms with Crippen LogP contribution in [0.4, 0.5) is 10.7 Å². The van der Waals surface area contributed by atoms with Crippen LogP contribution >= 0.6 is 38.9 Å². The molecular formula is C11H8BrClN2O2S. The van der Waals surface area contributed by atoms with Crippen molar-refractivity contribution in [2.75, 3.05) is 5.32 Å². The topological polar surface area (TPSA) is 55.2 Å². The lowest BCUT2D eigenvalue weighted by molar-refractivity contribution is -0.380. The van der Waals surface area contributed by atoms with Crippen LogP contribution in [-0.4, -0.2) is 4.92 Å². The summed E-state index contributed by atoms with van der Waals surface area (Å²) in [5, 5.41) is 16.3. The SMILES string of the molecule is O=[N+]([O-])c1cc(CNc2ccc(Cl)c(Br)c2)cs1. The normalized spacial score (nSPS) is 10.3. The molecule has 0 saturated carbocycles. The first-order valence-electron chi connectivity index (χ1n) is 4.97. The molecular weight excluding hydrogens is 340 g/mol. The van der Waals surface area contributed by atoms with Crippen molar-refractivity contribution in [3.8, 4) is 0 Å². The van der Waals surface area contributed by atoms with E-state index >= 15 is 0 Å². The quantitative estimate of drug-likeness (QED) is 0.645. The van der Waals surface area contributed by atoms with Crippen LogP contribution in [0, 0.1) is 10.1 Å². The van der Waals surface area contributed by atoms with Crippen molar-refractivity contribution in [3.05, 3.63) is 54.8 Å². The monoisotopic (exact) mass is 346 g/mol. The van der Waals surface area contributed by atoms with E-state index < -0.39 is 0 Å². The van der Waals surface area contributed by atoms with Crippen molar-refractivity contribution in [1.82, 2.24) is 0 Å². The second-order valence-corrected chi connectivity index (χ2v) is 5.68. The van der Waals surface area contributed by atoms with Crippen molar-refractivity contribution >= 4 is 49.6 Å². The Hall–Kier alpha value is -1.11. The van der Waals surface area contributed by atoms with Gasteiger partial charge < -0.3 is 5.32 Å². The standard InChI is InChI=1S/C11H8BrClN2O2S/c12-9-4-8(1-2-10(9)13)14-5-7-3-11(15(16)17)18-6-7/h1-4,6,14H,5H2. The van der Waals surface area contributed by atoms with Gasteiger partial charge >= 0.3 is 5.00 Å². The number of nitro groups is 1. The molecule has 2 aromatic rings. The fraction of sp³-hybridized carbons (Fsp3) is 0.0909. The van der Waals surface area contributed by atoms with Crippen LogP contribution in [0.15, 0.2) is 34.1 Å². The summed E-state index contributed by atoms with van der Waals surface area (Å²) in [6.07, 6.45) is 0. The Morgan fingerprint density at radius 1 is 1.44 bits per heavy atom. The number of thiophene rings is 1. The molecule has 1 heterocycles. The lowest BCUT2D eigenvalue weighted by atomic mass is 10.3. The number of nitrogens with zero attached hydrogens (tertiary/aromatic N) is 1. The number of rotatable bonds is 4. The Morgan fingerprint density at radius 2 is 2.22 bits per heavy atom. The maximum Gasteiger partial charge on any atom is 0.324 e. The fourth-order valence-electron chi connectivity index (χ4n) is 1.36. The Bertz CT molecular complexity index is 588. The second kappa shape index (κ2) is 5.69. The summed E-state index contributed by atoms with van der Waals surface area (Å²) < 4.78 is 0.811. The van der Waals surface area contributed by atoms with Gasteiger partial charge in [0.2, 0.25) is 0 Å². The predicted molar refractivity (Wildman–Crippen MR) is 77.5 cm³/mol. The molecule has 0 aliphatic heterocycles. The molecule has 1 N–H and O–H groups in total. The number of hydrogen-bond acceptors (Lipinski definition) is 4. The van der Waals surface area contributed by atoms with Crippen LogP contribution in [0.2, 0.25) is 5.02 Å². The van der Waals surface area contributed by atoms with E-state index in [2.05, 4.69) is 21.2 Å². The van der Waals surface area contributed by atoms with E-state index in [1.54, 1.807) is 17.5 Å². The molecule has 1 aromatic heterocycles. The molecule has 0 unspecified atom stereocenters. The number of hydrogen-bond donors (Lipinski definition) is 1. The van der Waals surface area contributed by atoms with Gasteiger partial charge in [-0.1, -0.05) is 22.9 Å². The molecule has 2 rings (SSSR count).